The summed E-state index contributed by atoms with van der Waals surface area (Å²) in [4.78, 5) is 16.6. The third kappa shape index (κ3) is 4.91. The van der Waals surface area contributed by atoms with E-state index in [-0.39, 0.29) is 12.2 Å². The molecule has 0 bridgehead atoms. The van der Waals surface area contributed by atoms with Gasteiger partial charge in [0.2, 0.25) is 0 Å². The molecular formula is C24H17ClF4N8O2. The lowest BCUT2D eigenvalue weighted by molar-refractivity contribution is -0.207. The predicted octanol–water partition coefficient (Wildman–Crippen LogP) is 3.08. The van der Waals surface area contributed by atoms with Crippen LogP contribution in [0.5, 0.6) is 0 Å². The summed E-state index contributed by atoms with van der Waals surface area (Å²) in [6, 6.07) is 10.7. The molecule has 1 unspecified atom stereocenters. The molecule has 0 amide bonds. The van der Waals surface area contributed by atoms with Crippen LogP contribution in [0.4, 0.5) is 17.6 Å². The van der Waals surface area contributed by atoms with E-state index >= 15 is 8.78 Å². The first-order valence-corrected chi connectivity index (χ1v) is 11.6. The summed E-state index contributed by atoms with van der Waals surface area (Å²) in [5, 5.41) is 26.0. The number of aromatic nitrogens is 8. The van der Waals surface area contributed by atoms with Crippen molar-refractivity contribution in [1.82, 2.24) is 39.5 Å². The Kier molecular flexibility index (Phi) is 6.74. The van der Waals surface area contributed by atoms with Gasteiger partial charge in [0.25, 0.3) is 0 Å². The van der Waals surface area contributed by atoms with Gasteiger partial charge in [0.05, 0.1) is 25.0 Å². The maximum Gasteiger partial charge on any atom is 0.350 e. The van der Waals surface area contributed by atoms with Gasteiger partial charge in [-0.1, -0.05) is 23.7 Å². The number of hydrogen-bond donors (Lipinski definition) is 1. The number of nitrogens with zero attached hydrogens (tertiary/aromatic N) is 8. The van der Waals surface area contributed by atoms with Crippen LogP contribution >= 0.6 is 11.6 Å². The van der Waals surface area contributed by atoms with Crippen molar-refractivity contribution in [3.63, 3.8) is 0 Å². The molecule has 0 saturated carbocycles. The summed E-state index contributed by atoms with van der Waals surface area (Å²) in [7, 11) is 0. The Hall–Kier alpha value is -4.43. The molecular weight excluding hydrogens is 544 g/mol. The minimum atomic E-state index is -4.24. The maximum absolute atomic E-state index is 15.9. The van der Waals surface area contributed by atoms with Crippen LogP contribution in [0.15, 0.2) is 78.2 Å². The molecule has 0 aliphatic rings. The first-order chi connectivity index (χ1) is 18.6. The summed E-state index contributed by atoms with van der Waals surface area (Å²) in [5.41, 5.74) is -4.82. The third-order valence-electron chi connectivity index (χ3n) is 6.01. The van der Waals surface area contributed by atoms with Crippen molar-refractivity contribution in [3.8, 4) is 5.69 Å². The second-order valence-corrected chi connectivity index (χ2v) is 8.97. The van der Waals surface area contributed by atoms with Crippen LogP contribution in [0.1, 0.15) is 16.8 Å². The van der Waals surface area contributed by atoms with Crippen LogP contribution in [0.2, 0.25) is 5.02 Å². The topological polar surface area (TPSA) is 117 Å². The molecule has 0 saturated heterocycles. The molecule has 1 N–H and O–H groups in total. The number of halogens is 5. The van der Waals surface area contributed by atoms with E-state index in [2.05, 4.69) is 25.6 Å². The van der Waals surface area contributed by atoms with Crippen LogP contribution in [0.25, 0.3) is 5.69 Å². The van der Waals surface area contributed by atoms with E-state index in [9.17, 15) is 18.7 Å². The monoisotopic (exact) mass is 560 g/mol. The van der Waals surface area contributed by atoms with Gasteiger partial charge in [0.1, 0.15) is 30.0 Å². The standard InChI is InChI=1S/C24H17ClF4N8O2/c25-16-3-1-15(2-4-16)11-37-22(38)36(14-32-37)18-6-8-21(30-10-18)24(28,29)23(39,12-35-13-31-33-34-35)19-7-5-17(26)9-20(19)27/h1-10,13-14,39H,11-12H2. The Balaban J connectivity index is 1.48. The molecule has 1 atom stereocenters. The molecule has 5 aromatic rings. The zero-order valence-corrected chi connectivity index (χ0v) is 20.4. The predicted molar refractivity (Wildman–Crippen MR) is 128 cm³/mol. The summed E-state index contributed by atoms with van der Waals surface area (Å²) >= 11 is 5.88. The summed E-state index contributed by atoms with van der Waals surface area (Å²) in [6.07, 6.45) is 3.14. The van der Waals surface area contributed by atoms with E-state index in [1.54, 1.807) is 24.3 Å². The number of benzene rings is 2. The minimum absolute atomic E-state index is 0.110. The smallest absolute Gasteiger partial charge is 0.350 e. The van der Waals surface area contributed by atoms with E-state index in [0.29, 0.717) is 17.2 Å². The highest BCUT2D eigenvalue weighted by molar-refractivity contribution is 6.30. The molecule has 3 aromatic heterocycles. The Bertz CT molecular complexity index is 1660. The molecule has 10 nitrogen and oxygen atoms in total. The second kappa shape index (κ2) is 10.0. The molecule has 0 aliphatic carbocycles. The highest BCUT2D eigenvalue weighted by Crippen LogP contribution is 2.46. The summed E-state index contributed by atoms with van der Waals surface area (Å²) in [5.74, 6) is -6.66. The van der Waals surface area contributed by atoms with Gasteiger partial charge < -0.3 is 5.11 Å². The van der Waals surface area contributed by atoms with Gasteiger partial charge in [-0.15, -0.1) is 5.10 Å². The zero-order chi connectivity index (χ0) is 27.8. The summed E-state index contributed by atoms with van der Waals surface area (Å²) in [6.45, 7) is -0.851. The van der Waals surface area contributed by atoms with E-state index in [1.165, 1.54) is 12.4 Å². The van der Waals surface area contributed by atoms with Gasteiger partial charge >= 0.3 is 11.6 Å². The van der Waals surface area contributed by atoms with E-state index in [4.69, 9.17) is 11.6 Å². The van der Waals surface area contributed by atoms with Gasteiger partial charge in [-0.05, 0) is 52.4 Å². The Morgan fingerprint density at radius 1 is 1.00 bits per heavy atom. The number of alkyl halides is 2. The van der Waals surface area contributed by atoms with E-state index < -0.39 is 46.6 Å². The molecule has 5 rings (SSSR count). The highest BCUT2D eigenvalue weighted by atomic mass is 35.5. The fraction of sp³-hybridized carbons (Fsp3) is 0.167. The van der Waals surface area contributed by atoms with Crippen molar-refractivity contribution in [2.75, 3.05) is 0 Å². The van der Waals surface area contributed by atoms with Gasteiger partial charge in [0.15, 0.2) is 5.60 Å². The molecule has 2 aromatic carbocycles. The average Bonchev–Trinajstić information content (AvgIpc) is 3.55. The van der Waals surface area contributed by atoms with Gasteiger partial charge in [-0.25, -0.2) is 27.5 Å². The summed E-state index contributed by atoms with van der Waals surface area (Å²) < 4.78 is 63.0. The van der Waals surface area contributed by atoms with Crippen LogP contribution < -0.4 is 5.69 Å². The fourth-order valence-corrected chi connectivity index (χ4v) is 4.10. The lowest BCUT2D eigenvalue weighted by atomic mass is 9.84. The van der Waals surface area contributed by atoms with Crippen LogP contribution in [-0.4, -0.2) is 44.6 Å². The number of aliphatic hydroxyl groups is 1. The van der Waals surface area contributed by atoms with Crippen molar-refractivity contribution < 1.29 is 22.7 Å². The quantitative estimate of drug-likeness (QED) is 0.290. The van der Waals surface area contributed by atoms with E-state index in [1.807, 2.05) is 0 Å². The van der Waals surface area contributed by atoms with Gasteiger partial charge in [-0.3, -0.25) is 4.98 Å². The lowest BCUT2D eigenvalue weighted by Crippen LogP contribution is -2.48. The molecule has 0 fully saturated rings. The molecule has 39 heavy (non-hydrogen) atoms. The Labute approximate surface area is 221 Å². The van der Waals surface area contributed by atoms with Crippen molar-refractivity contribution in [3.05, 3.63) is 117 Å². The van der Waals surface area contributed by atoms with Crippen molar-refractivity contribution in [1.29, 1.82) is 0 Å². The van der Waals surface area contributed by atoms with Crippen LogP contribution in [-0.2, 0) is 24.6 Å². The molecule has 0 radical (unpaired) electrons. The van der Waals surface area contributed by atoms with Crippen molar-refractivity contribution in [2.24, 2.45) is 0 Å². The van der Waals surface area contributed by atoms with Crippen LogP contribution in [0.3, 0.4) is 0 Å². The normalized spacial score (nSPS) is 13.4. The molecule has 0 spiro atoms. The minimum Gasteiger partial charge on any atom is -0.377 e. The highest BCUT2D eigenvalue weighted by Gasteiger charge is 2.58. The maximum atomic E-state index is 15.9. The Morgan fingerprint density at radius 2 is 1.77 bits per heavy atom. The van der Waals surface area contributed by atoms with E-state index in [0.717, 1.165) is 44.2 Å². The number of tetrazole rings is 1. The largest absolute Gasteiger partial charge is 0.377 e. The number of pyridine rings is 1. The van der Waals surface area contributed by atoms with Gasteiger partial charge in [-0.2, -0.15) is 13.9 Å². The zero-order valence-electron chi connectivity index (χ0n) is 19.7. The van der Waals surface area contributed by atoms with Crippen molar-refractivity contribution in [2.45, 2.75) is 24.6 Å². The van der Waals surface area contributed by atoms with Gasteiger partial charge in [0, 0.05) is 16.7 Å². The first kappa shape index (κ1) is 26.2. The SMILES string of the molecule is O=c1n(-c2ccc(C(F)(F)C(O)(Cn3cnnn3)c3ccc(F)cc3F)nc2)cnn1Cc1ccc(Cl)cc1. The molecule has 0 aliphatic heterocycles. The molecule has 3 heterocycles. The number of rotatable bonds is 8. The first-order valence-electron chi connectivity index (χ1n) is 11.2. The molecule has 15 heteroatoms. The van der Waals surface area contributed by atoms with Crippen molar-refractivity contribution >= 4 is 11.6 Å². The lowest BCUT2D eigenvalue weighted by Gasteiger charge is -2.35. The second-order valence-electron chi connectivity index (χ2n) is 8.54. The molecule has 200 valence electrons. The number of hydrogen-bond acceptors (Lipinski definition) is 7. The fourth-order valence-electron chi connectivity index (χ4n) is 3.98. The van der Waals surface area contributed by atoms with Crippen LogP contribution in [0, 0.1) is 11.6 Å². The third-order valence-corrected chi connectivity index (χ3v) is 6.26. The Morgan fingerprint density at radius 3 is 2.41 bits per heavy atom. The average molecular weight is 561 g/mol.